The molecule has 0 spiro atoms. The minimum absolute atomic E-state index is 0.0828. The summed E-state index contributed by atoms with van der Waals surface area (Å²) in [7, 11) is -3.82. The standard InChI is InChI=1S/C17H19N3O5S2/c18-27(23,24)13-7-5-12(6-8-13)15(21)20-17-19-14(10-26-17)16(22)25-9-11-3-1-2-4-11/h5-8,10-11H,1-4,9H2,(H2,18,23,24)(H,19,20,21). The van der Waals surface area contributed by atoms with Crippen LogP contribution in [-0.4, -0.2) is 31.9 Å². The summed E-state index contributed by atoms with van der Waals surface area (Å²) in [6.45, 7) is 0.397. The normalized spacial score (nSPS) is 14.9. The van der Waals surface area contributed by atoms with Crippen LogP contribution in [0.25, 0.3) is 0 Å². The summed E-state index contributed by atoms with van der Waals surface area (Å²) in [5.41, 5.74) is 0.390. The number of hydrogen-bond donors (Lipinski definition) is 2. The molecule has 27 heavy (non-hydrogen) atoms. The van der Waals surface area contributed by atoms with Crippen molar-refractivity contribution < 1.29 is 22.7 Å². The number of rotatable bonds is 6. The summed E-state index contributed by atoms with van der Waals surface area (Å²) in [5, 5.41) is 9.37. The molecule has 1 aromatic heterocycles. The van der Waals surface area contributed by atoms with Crippen molar-refractivity contribution in [1.29, 1.82) is 0 Å². The smallest absolute Gasteiger partial charge is 0.357 e. The van der Waals surface area contributed by atoms with E-state index >= 15 is 0 Å². The Kier molecular flexibility index (Phi) is 5.88. The van der Waals surface area contributed by atoms with E-state index in [-0.39, 0.29) is 21.3 Å². The van der Waals surface area contributed by atoms with Crippen LogP contribution in [0, 0.1) is 5.92 Å². The fourth-order valence-electron chi connectivity index (χ4n) is 2.83. The van der Waals surface area contributed by atoms with Gasteiger partial charge in [-0.3, -0.25) is 10.1 Å². The number of benzene rings is 1. The third kappa shape index (κ3) is 5.12. The van der Waals surface area contributed by atoms with Crippen LogP contribution in [0.1, 0.15) is 46.5 Å². The van der Waals surface area contributed by atoms with E-state index in [4.69, 9.17) is 9.88 Å². The Morgan fingerprint density at radius 3 is 2.52 bits per heavy atom. The first-order chi connectivity index (χ1) is 12.8. The first-order valence-corrected chi connectivity index (χ1v) is 10.8. The van der Waals surface area contributed by atoms with Gasteiger partial charge in [-0.2, -0.15) is 0 Å². The summed E-state index contributed by atoms with van der Waals surface area (Å²) in [6, 6.07) is 5.19. The van der Waals surface area contributed by atoms with Crippen molar-refractivity contribution in [3.05, 3.63) is 40.9 Å². The fourth-order valence-corrected chi connectivity index (χ4v) is 4.02. The highest BCUT2D eigenvalue weighted by atomic mass is 32.2. The number of hydrogen-bond acceptors (Lipinski definition) is 7. The molecule has 0 radical (unpaired) electrons. The van der Waals surface area contributed by atoms with E-state index in [0.717, 1.165) is 24.2 Å². The van der Waals surface area contributed by atoms with E-state index in [1.165, 1.54) is 42.5 Å². The van der Waals surface area contributed by atoms with Gasteiger partial charge in [0.1, 0.15) is 0 Å². The lowest BCUT2D eigenvalue weighted by Gasteiger charge is -2.08. The lowest BCUT2D eigenvalue weighted by molar-refractivity contribution is 0.0436. The van der Waals surface area contributed by atoms with Gasteiger partial charge in [0.25, 0.3) is 5.91 Å². The first-order valence-electron chi connectivity index (χ1n) is 8.40. The molecule has 0 aliphatic heterocycles. The molecule has 1 heterocycles. The number of nitrogens with one attached hydrogen (secondary N) is 1. The van der Waals surface area contributed by atoms with Crippen LogP contribution in [-0.2, 0) is 14.8 Å². The van der Waals surface area contributed by atoms with Crippen molar-refractivity contribution in [2.24, 2.45) is 11.1 Å². The second-order valence-corrected chi connectivity index (χ2v) is 8.73. The number of sulfonamides is 1. The molecule has 0 atom stereocenters. The summed E-state index contributed by atoms with van der Waals surface area (Å²) >= 11 is 1.11. The highest BCUT2D eigenvalue weighted by molar-refractivity contribution is 7.89. The van der Waals surface area contributed by atoms with Crippen molar-refractivity contribution in [2.45, 2.75) is 30.6 Å². The number of thiazole rings is 1. The van der Waals surface area contributed by atoms with Gasteiger partial charge in [-0.1, -0.05) is 12.8 Å². The average molecular weight is 409 g/mol. The van der Waals surface area contributed by atoms with Crippen LogP contribution in [0.3, 0.4) is 0 Å². The van der Waals surface area contributed by atoms with Crippen molar-refractivity contribution >= 4 is 38.4 Å². The zero-order valence-electron chi connectivity index (χ0n) is 14.4. The largest absolute Gasteiger partial charge is 0.461 e. The van der Waals surface area contributed by atoms with Gasteiger partial charge < -0.3 is 4.74 Å². The van der Waals surface area contributed by atoms with E-state index in [1.54, 1.807) is 0 Å². The molecule has 0 bridgehead atoms. The molecule has 0 unspecified atom stereocenters. The van der Waals surface area contributed by atoms with Crippen LogP contribution >= 0.6 is 11.3 Å². The zero-order chi connectivity index (χ0) is 19.4. The Morgan fingerprint density at radius 2 is 1.89 bits per heavy atom. The van der Waals surface area contributed by atoms with Gasteiger partial charge in [0, 0.05) is 10.9 Å². The lowest BCUT2D eigenvalue weighted by atomic mass is 10.1. The summed E-state index contributed by atoms with van der Waals surface area (Å²) in [4.78, 5) is 28.2. The Hall–Kier alpha value is -2.30. The molecule has 8 nitrogen and oxygen atoms in total. The first kappa shape index (κ1) is 19.5. The number of carbonyl (C=O) groups excluding carboxylic acids is 2. The highest BCUT2D eigenvalue weighted by Gasteiger charge is 2.19. The number of esters is 1. The molecular formula is C17H19N3O5S2. The second-order valence-electron chi connectivity index (χ2n) is 6.31. The van der Waals surface area contributed by atoms with Gasteiger partial charge in [-0.15, -0.1) is 11.3 Å². The number of nitrogens with two attached hydrogens (primary N) is 1. The molecule has 10 heteroatoms. The molecule has 1 aliphatic carbocycles. The Morgan fingerprint density at radius 1 is 1.22 bits per heavy atom. The molecule has 144 valence electrons. The predicted octanol–water partition coefficient (Wildman–Crippen LogP) is 2.39. The molecule has 1 fully saturated rings. The van der Waals surface area contributed by atoms with Crippen molar-refractivity contribution in [3.63, 3.8) is 0 Å². The third-order valence-corrected chi connectivity index (χ3v) is 5.99. The summed E-state index contributed by atoms with van der Waals surface area (Å²) in [5.74, 6) is -0.556. The fraction of sp³-hybridized carbons (Fsp3) is 0.353. The Labute approximate surface area is 160 Å². The van der Waals surface area contributed by atoms with E-state index in [2.05, 4.69) is 10.3 Å². The molecular weight excluding hydrogens is 390 g/mol. The van der Waals surface area contributed by atoms with E-state index in [9.17, 15) is 18.0 Å². The number of anilines is 1. The quantitative estimate of drug-likeness (QED) is 0.705. The number of amides is 1. The maximum absolute atomic E-state index is 12.2. The summed E-state index contributed by atoms with van der Waals surface area (Å²) < 4.78 is 27.8. The van der Waals surface area contributed by atoms with Gasteiger partial charge in [0.05, 0.1) is 11.5 Å². The topological polar surface area (TPSA) is 128 Å². The molecule has 2 aromatic rings. The van der Waals surface area contributed by atoms with Crippen molar-refractivity contribution in [3.8, 4) is 0 Å². The Balaban J connectivity index is 1.58. The van der Waals surface area contributed by atoms with Crippen molar-refractivity contribution in [2.75, 3.05) is 11.9 Å². The third-order valence-electron chi connectivity index (χ3n) is 4.30. The van der Waals surface area contributed by atoms with E-state index in [1.807, 2.05) is 0 Å². The van der Waals surface area contributed by atoms with Gasteiger partial charge >= 0.3 is 5.97 Å². The minimum atomic E-state index is -3.82. The Bertz CT molecular complexity index is 932. The predicted molar refractivity (Wildman–Crippen MR) is 100 cm³/mol. The monoisotopic (exact) mass is 409 g/mol. The molecule has 1 aromatic carbocycles. The minimum Gasteiger partial charge on any atom is -0.461 e. The SMILES string of the molecule is NS(=O)(=O)c1ccc(C(=O)Nc2nc(C(=O)OCC3CCCC3)cs2)cc1. The molecule has 0 saturated heterocycles. The number of carbonyl (C=O) groups is 2. The molecule has 1 amide bonds. The number of nitrogens with zero attached hydrogens (tertiary/aromatic N) is 1. The van der Waals surface area contributed by atoms with E-state index in [0.29, 0.717) is 12.5 Å². The van der Waals surface area contributed by atoms with Gasteiger partial charge in [0.15, 0.2) is 10.8 Å². The van der Waals surface area contributed by atoms with Gasteiger partial charge in [-0.05, 0) is 43.0 Å². The molecule has 1 saturated carbocycles. The van der Waals surface area contributed by atoms with E-state index < -0.39 is 21.9 Å². The summed E-state index contributed by atoms with van der Waals surface area (Å²) in [6.07, 6.45) is 4.51. The van der Waals surface area contributed by atoms with Gasteiger partial charge in [0.2, 0.25) is 10.0 Å². The van der Waals surface area contributed by atoms with Crippen molar-refractivity contribution in [1.82, 2.24) is 4.98 Å². The lowest BCUT2D eigenvalue weighted by Crippen LogP contribution is -2.15. The molecule has 1 aliphatic rings. The van der Waals surface area contributed by atoms with Crippen LogP contribution < -0.4 is 10.5 Å². The van der Waals surface area contributed by atoms with Crippen LogP contribution in [0.5, 0.6) is 0 Å². The number of primary sulfonamides is 1. The average Bonchev–Trinajstić information content (AvgIpc) is 3.31. The number of ether oxygens (including phenoxy) is 1. The van der Waals surface area contributed by atoms with Crippen LogP contribution in [0.15, 0.2) is 34.5 Å². The van der Waals surface area contributed by atoms with Crippen LogP contribution in [0.4, 0.5) is 5.13 Å². The zero-order valence-corrected chi connectivity index (χ0v) is 16.0. The highest BCUT2D eigenvalue weighted by Crippen LogP contribution is 2.25. The molecule has 3 rings (SSSR count). The van der Waals surface area contributed by atoms with Gasteiger partial charge in [-0.25, -0.2) is 23.3 Å². The maximum Gasteiger partial charge on any atom is 0.357 e. The second kappa shape index (κ2) is 8.15. The number of aromatic nitrogens is 1. The molecule has 3 N–H and O–H groups in total. The van der Waals surface area contributed by atoms with Crippen LogP contribution in [0.2, 0.25) is 0 Å². The maximum atomic E-state index is 12.2.